The topological polar surface area (TPSA) is 86.8 Å². The Balaban J connectivity index is 2.09. The molecule has 0 aliphatic rings. The molecule has 0 fully saturated rings. The van der Waals surface area contributed by atoms with Gasteiger partial charge in [0.25, 0.3) is 10.0 Å². The molecule has 0 saturated heterocycles. The summed E-state index contributed by atoms with van der Waals surface area (Å²) in [5.41, 5.74) is 4.38. The predicted octanol–water partition coefficient (Wildman–Crippen LogP) is 5.45. The fourth-order valence-electron chi connectivity index (χ4n) is 4.38. The molecule has 0 spiro atoms. The van der Waals surface area contributed by atoms with E-state index in [9.17, 15) is 18.0 Å². The van der Waals surface area contributed by atoms with E-state index in [1.807, 2.05) is 78.8 Å². The number of carbonyl (C=O) groups is 2. The fraction of sp³-hybridized carbons (Fsp3) is 0.375. The molecule has 0 bridgehead atoms. The molecule has 0 saturated carbocycles. The number of hydrogen-bond acceptors (Lipinski definition) is 4. The number of sulfonamides is 1. The zero-order chi connectivity index (χ0) is 29.8. The van der Waals surface area contributed by atoms with E-state index in [1.165, 1.54) is 9.21 Å². The molecular weight excluding hydrogens is 522 g/mol. The van der Waals surface area contributed by atoms with E-state index in [2.05, 4.69) is 5.32 Å². The summed E-state index contributed by atoms with van der Waals surface area (Å²) in [5, 5.41) is 2.95. The van der Waals surface area contributed by atoms with Gasteiger partial charge in [-0.1, -0.05) is 54.1 Å². The van der Waals surface area contributed by atoms with E-state index in [0.29, 0.717) is 5.69 Å². The molecule has 0 aliphatic heterocycles. The van der Waals surface area contributed by atoms with E-state index in [0.717, 1.165) is 27.8 Å². The van der Waals surface area contributed by atoms with Gasteiger partial charge in [-0.25, -0.2) is 8.42 Å². The van der Waals surface area contributed by atoms with E-state index < -0.39 is 34.1 Å². The third kappa shape index (κ3) is 7.30. The Hall–Kier alpha value is -3.65. The smallest absolute Gasteiger partial charge is 0.264 e. The van der Waals surface area contributed by atoms with E-state index in [4.69, 9.17) is 0 Å². The molecule has 2 amide bonds. The van der Waals surface area contributed by atoms with Gasteiger partial charge in [-0.3, -0.25) is 13.9 Å². The SMILES string of the molecule is Cc1ccc(S(=O)(=O)N(CC(=O)N(Cc2ccccc2C)[C@@H](C)C(=O)NC(C)(C)C)c2cccc(C)c2C)cc1. The Kier molecular flexibility index (Phi) is 9.46. The molecule has 0 heterocycles. The highest BCUT2D eigenvalue weighted by atomic mass is 32.2. The summed E-state index contributed by atoms with van der Waals surface area (Å²) in [4.78, 5) is 28.9. The van der Waals surface area contributed by atoms with Gasteiger partial charge in [0, 0.05) is 12.1 Å². The number of benzene rings is 3. The van der Waals surface area contributed by atoms with Crippen molar-refractivity contribution in [3.63, 3.8) is 0 Å². The van der Waals surface area contributed by atoms with Crippen molar-refractivity contribution in [2.75, 3.05) is 10.8 Å². The van der Waals surface area contributed by atoms with Crippen molar-refractivity contribution in [2.24, 2.45) is 0 Å². The second kappa shape index (κ2) is 12.3. The maximum atomic E-state index is 14.1. The van der Waals surface area contributed by atoms with E-state index in [1.54, 1.807) is 43.3 Å². The summed E-state index contributed by atoms with van der Waals surface area (Å²) in [5.74, 6) is -0.787. The average molecular weight is 564 g/mol. The highest BCUT2D eigenvalue weighted by Crippen LogP contribution is 2.29. The fourth-order valence-corrected chi connectivity index (χ4v) is 5.86. The molecule has 0 aromatic heterocycles. The number of amides is 2. The van der Waals surface area contributed by atoms with Crippen LogP contribution in [0.5, 0.6) is 0 Å². The van der Waals surface area contributed by atoms with Gasteiger partial charge in [-0.2, -0.15) is 0 Å². The van der Waals surface area contributed by atoms with Crippen molar-refractivity contribution < 1.29 is 18.0 Å². The van der Waals surface area contributed by atoms with Gasteiger partial charge >= 0.3 is 0 Å². The Morgan fingerprint density at radius 3 is 2.05 bits per heavy atom. The summed E-state index contributed by atoms with van der Waals surface area (Å²) < 4.78 is 29.3. The quantitative estimate of drug-likeness (QED) is 0.375. The number of rotatable bonds is 9. The largest absolute Gasteiger partial charge is 0.350 e. The first-order valence-electron chi connectivity index (χ1n) is 13.4. The summed E-state index contributed by atoms with van der Waals surface area (Å²) in [7, 11) is -4.11. The zero-order valence-corrected chi connectivity index (χ0v) is 25.6. The number of anilines is 1. The monoisotopic (exact) mass is 563 g/mol. The number of aryl methyl sites for hydroxylation is 3. The Bertz CT molecular complexity index is 1470. The minimum absolute atomic E-state index is 0.0933. The highest BCUT2D eigenvalue weighted by molar-refractivity contribution is 7.92. The lowest BCUT2D eigenvalue weighted by Crippen LogP contribution is -2.54. The van der Waals surface area contributed by atoms with Gasteiger partial charge < -0.3 is 10.2 Å². The first-order chi connectivity index (χ1) is 18.6. The standard InChI is InChI=1S/C32H41N3O4S/c1-22-16-18-28(19-17-22)40(38,39)35(29-15-11-13-23(2)25(29)4)21-30(36)34(20-27-14-10-9-12-24(27)3)26(5)31(37)33-32(6,7)8/h9-19,26H,20-21H2,1-8H3,(H,33,37)/t26-/m0/s1. The minimum Gasteiger partial charge on any atom is -0.350 e. The second-order valence-corrected chi connectivity index (χ2v) is 13.3. The van der Waals surface area contributed by atoms with Crippen LogP contribution in [0.4, 0.5) is 5.69 Å². The van der Waals surface area contributed by atoms with Crippen LogP contribution in [0, 0.1) is 27.7 Å². The van der Waals surface area contributed by atoms with Crippen molar-refractivity contribution in [3.8, 4) is 0 Å². The number of nitrogens with one attached hydrogen (secondary N) is 1. The predicted molar refractivity (Wildman–Crippen MR) is 161 cm³/mol. The van der Waals surface area contributed by atoms with Crippen LogP contribution in [-0.2, 0) is 26.2 Å². The molecule has 214 valence electrons. The molecule has 1 atom stereocenters. The van der Waals surface area contributed by atoms with E-state index >= 15 is 0 Å². The Morgan fingerprint density at radius 2 is 1.45 bits per heavy atom. The van der Waals surface area contributed by atoms with Crippen LogP contribution in [0.15, 0.2) is 71.6 Å². The van der Waals surface area contributed by atoms with Crippen molar-refractivity contribution in [2.45, 2.75) is 78.4 Å². The molecule has 3 rings (SSSR count). The summed E-state index contributed by atoms with van der Waals surface area (Å²) in [6.45, 7) is 14.6. The van der Waals surface area contributed by atoms with Gasteiger partial charge in [0.15, 0.2) is 0 Å². The summed E-state index contributed by atoms with van der Waals surface area (Å²) >= 11 is 0. The maximum Gasteiger partial charge on any atom is 0.264 e. The van der Waals surface area contributed by atoms with Crippen molar-refractivity contribution in [1.29, 1.82) is 0 Å². The molecule has 0 unspecified atom stereocenters. The van der Waals surface area contributed by atoms with Crippen LogP contribution in [0.25, 0.3) is 0 Å². The first-order valence-corrected chi connectivity index (χ1v) is 14.9. The normalized spacial score (nSPS) is 12.5. The summed E-state index contributed by atoms with van der Waals surface area (Å²) in [6, 6.07) is 18.8. The Morgan fingerprint density at radius 1 is 0.850 bits per heavy atom. The van der Waals surface area contributed by atoms with Crippen LogP contribution in [0.2, 0.25) is 0 Å². The third-order valence-corrected chi connectivity index (χ3v) is 8.77. The van der Waals surface area contributed by atoms with Crippen LogP contribution in [0.3, 0.4) is 0 Å². The zero-order valence-electron chi connectivity index (χ0n) is 24.8. The second-order valence-electron chi connectivity index (χ2n) is 11.4. The lowest BCUT2D eigenvalue weighted by Gasteiger charge is -2.34. The lowest BCUT2D eigenvalue weighted by atomic mass is 10.1. The minimum atomic E-state index is -4.11. The van der Waals surface area contributed by atoms with Crippen LogP contribution >= 0.6 is 0 Å². The van der Waals surface area contributed by atoms with Crippen LogP contribution in [0.1, 0.15) is 55.5 Å². The van der Waals surface area contributed by atoms with Crippen molar-refractivity contribution in [3.05, 3.63) is 94.5 Å². The van der Waals surface area contributed by atoms with Gasteiger partial charge in [0.1, 0.15) is 12.6 Å². The average Bonchev–Trinajstić information content (AvgIpc) is 2.87. The molecule has 3 aromatic carbocycles. The molecule has 40 heavy (non-hydrogen) atoms. The van der Waals surface area contributed by atoms with Crippen LogP contribution < -0.4 is 9.62 Å². The van der Waals surface area contributed by atoms with E-state index in [-0.39, 0.29) is 17.3 Å². The number of hydrogen-bond donors (Lipinski definition) is 1. The highest BCUT2D eigenvalue weighted by Gasteiger charge is 2.34. The van der Waals surface area contributed by atoms with Crippen LogP contribution in [-0.4, -0.2) is 43.3 Å². The number of carbonyl (C=O) groups excluding carboxylic acids is 2. The maximum absolute atomic E-state index is 14.1. The first kappa shape index (κ1) is 30.9. The van der Waals surface area contributed by atoms with Crippen molar-refractivity contribution >= 4 is 27.5 Å². The number of nitrogens with zero attached hydrogens (tertiary/aromatic N) is 2. The molecular formula is C32H41N3O4S. The molecule has 7 nitrogen and oxygen atoms in total. The van der Waals surface area contributed by atoms with Gasteiger partial charge in [0.05, 0.1) is 10.6 Å². The molecule has 1 N–H and O–H groups in total. The van der Waals surface area contributed by atoms with Gasteiger partial charge in [-0.05, 0) is 95.8 Å². The van der Waals surface area contributed by atoms with Gasteiger partial charge in [0.2, 0.25) is 11.8 Å². The molecule has 3 aromatic rings. The molecule has 0 aliphatic carbocycles. The van der Waals surface area contributed by atoms with Crippen molar-refractivity contribution in [1.82, 2.24) is 10.2 Å². The third-order valence-electron chi connectivity index (χ3n) is 7.00. The summed E-state index contributed by atoms with van der Waals surface area (Å²) in [6.07, 6.45) is 0. The Labute approximate surface area is 239 Å². The lowest BCUT2D eigenvalue weighted by molar-refractivity contribution is -0.140. The molecule has 8 heteroatoms. The van der Waals surface area contributed by atoms with Gasteiger partial charge in [-0.15, -0.1) is 0 Å². The molecule has 0 radical (unpaired) electrons.